The molecule has 0 radical (unpaired) electrons. The monoisotopic (exact) mass is 295 g/mol. The largest absolute Gasteiger partial charge is 0.455 e. The Labute approximate surface area is 123 Å². The van der Waals surface area contributed by atoms with Crippen molar-refractivity contribution in [3.05, 3.63) is 33.7 Å². The number of hydrogen-bond acceptors (Lipinski definition) is 5. The molecule has 1 aromatic heterocycles. The number of H-pyrrole nitrogens is 1. The number of carbonyl (C=O) groups excluding carboxylic acids is 2. The van der Waals surface area contributed by atoms with Gasteiger partial charge in [0.15, 0.2) is 5.43 Å². The lowest BCUT2D eigenvalue weighted by molar-refractivity contribution is 0.00577. The summed E-state index contributed by atoms with van der Waals surface area (Å²) >= 11 is 0. The topological polar surface area (TPSA) is 85.5 Å². The second-order valence-electron chi connectivity index (χ2n) is 6.65. The van der Waals surface area contributed by atoms with Crippen LogP contribution in [-0.2, 0) is 9.47 Å². The van der Waals surface area contributed by atoms with Gasteiger partial charge in [0.05, 0.1) is 0 Å². The van der Waals surface area contributed by atoms with Crippen LogP contribution in [0.2, 0.25) is 0 Å². The predicted molar refractivity (Wildman–Crippen MR) is 77.4 cm³/mol. The molecule has 0 aliphatic carbocycles. The van der Waals surface area contributed by atoms with E-state index in [1.807, 2.05) is 0 Å². The highest BCUT2D eigenvalue weighted by Crippen LogP contribution is 2.12. The molecule has 0 aromatic carbocycles. The van der Waals surface area contributed by atoms with Gasteiger partial charge in [-0.15, -0.1) is 0 Å². The Hall–Kier alpha value is -2.11. The molecule has 1 rings (SSSR count). The number of carbonyl (C=O) groups is 2. The number of ether oxygens (including phenoxy) is 2. The fourth-order valence-corrected chi connectivity index (χ4v) is 1.43. The average molecular weight is 295 g/mol. The minimum atomic E-state index is -0.704. The number of aromatic amines is 1. The first kappa shape index (κ1) is 16.9. The Bertz CT molecular complexity index is 552. The van der Waals surface area contributed by atoms with Gasteiger partial charge in [0.1, 0.15) is 22.6 Å². The van der Waals surface area contributed by atoms with Crippen molar-refractivity contribution in [1.82, 2.24) is 4.98 Å². The first-order chi connectivity index (χ1) is 9.37. The van der Waals surface area contributed by atoms with E-state index < -0.39 is 28.6 Å². The molecule has 0 saturated heterocycles. The smallest absolute Gasteiger partial charge is 0.355 e. The van der Waals surface area contributed by atoms with Gasteiger partial charge in [-0.2, -0.15) is 0 Å². The molecule has 21 heavy (non-hydrogen) atoms. The highest BCUT2D eigenvalue weighted by molar-refractivity contribution is 5.91. The molecule has 0 aliphatic rings. The van der Waals surface area contributed by atoms with Crippen LogP contribution in [-0.4, -0.2) is 28.1 Å². The van der Waals surface area contributed by atoms with E-state index in [9.17, 15) is 14.4 Å². The number of esters is 2. The number of hydrogen-bond donors (Lipinski definition) is 1. The SMILES string of the molecule is CC(C)(C)OC(=O)c1cc(=O)cc(C(=O)OC(C)(C)C)[nH]1. The lowest BCUT2D eigenvalue weighted by Gasteiger charge is -2.20. The molecule has 1 N–H and O–H groups in total. The van der Waals surface area contributed by atoms with E-state index in [-0.39, 0.29) is 11.4 Å². The fraction of sp³-hybridized carbons (Fsp3) is 0.533. The molecule has 0 bridgehead atoms. The number of nitrogens with one attached hydrogen (secondary N) is 1. The van der Waals surface area contributed by atoms with E-state index in [4.69, 9.17) is 9.47 Å². The molecule has 6 heteroatoms. The second-order valence-corrected chi connectivity index (χ2v) is 6.65. The number of aromatic nitrogens is 1. The van der Waals surface area contributed by atoms with Gasteiger partial charge >= 0.3 is 11.9 Å². The Morgan fingerprint density at radius 2 is 1.19 bits per heavy atom. The Morgan fingerprint density at radius 1 is 0.857 bits per heavy atom. The molecule has 0 amide bonds. The second kappa shape index (κ2) is 5.71. The summed E-state index contributed by atoms with van der Waals surface area (Å²) in [4.78, 5) is 38.1. The third-order valence-electron chi connectivity index (χ3n) is 2.08. The zero-order chi connectivity index (χ0) is 16.4. The standard InChI is InChI=1S/C15H21NO5/c1-14(2,3)20-12(18)10-7-9(17)8-11(16-10)13(19)21-15(4,5)6/h7-8H,1-6H3,(H,16,17). The van der Waals surface area contributed by atoms with Gasteiger partial charge in [0, 0.05) is 12.1 Å². The quantitative estimate of drug-likeness (QED) is 0.846. The molecule has 116 valence electrons. The zero-order valence-corrected chi connectivity index (χ0v) is 13.2. The van der Waals surface area contributed by atoms with E-state index in [1.165, 1.54) is 0 Å². The highest BCUT2D eigenvalue weighted by Gasteiger charge is 2.22. The van der Waals surface area contributed by atoms with Crippen molar-refractivity contribution in [3.8, 4) is 0 Å². The van der Waals surface area contributed by atoms with Crippen LogP contribution in [0.4, 0.5) is 0 Å². The molecule has 0 spiro atoms. The first-order valence-corrected chi connectivity index (χ1v) is 6.58. The van der Waals surface area contributed by atoms with E-state index in [0.29, 0.717) is 0 Å². The maximum atomic E-state index is 11.9. The fourth-order valence-electron chi connectivity index (χ4n) is 1.43. The Kier molecular flexibility index (Phi) is 4.61. The van der Waals surface area contributed by atoms with Crippen LogP contribution in [0.25, 0.3) is 0 Å². The van der Waals surface area contributed by atoms with Crippen LogP contribution in [0.15, 0.2) is 16.9 Å². The van der Waals surface area contributed by atoms with Crippen LogP contribution >= 0.6 is 0 Å². The molecule has 0 fully saturated rings. The van der Waals surface area contributed by atoms with Crippen molar-refractivity contribution in [2.24, 2.45) is 0 Å². The highest BCUT2D eigenvalue weighted by atomic mass is 16.6. The summed E-state index contributed by atoms with van der Waals surface area (Å²) in [6.07, 6.45) is 0. The summed E-state index contributed by atoms with van der Waals surface area (Å²) in [5.74, 6) is -1.41. The van der Waals surface area contributed by atoms with Gasteiger partial charge in [0.2, 0.25) is 0 Å². The Balaban J connectivity index is 3.08. The van der Waals surface area contributed by atoms with Crippen molar-refractivity contribution >= 4 is 11.9 Å². The van der Waals surface area contributed by atoms with Gasteiger partial charge < -0.3 is 14.5 Å². The maximum absolute atomic E-state index is 11.9. The molecule has 6 nitrogen and oxygen atoms in total. The van der Waals surface area contributed by atoms with Crippen molar-refractivity contribution in [2.75, 3.05) is 0 Å². The minimum Gasteiger partial charge on any atom is -0.455 e. The van der Waals surface area contributed by atoms with Gasteiger partial charge in [0.25, 0.3) is 0 Å². The van der Waals surface area contributed by atoms with Crippen LogP contribution in [0.3, 0.4) is 0 Å². The van der Waals surface area contributed by atoms with Crippen molar-refractivity contribution < 1.29 is 19.1 Å². The Morgan fingerprint density at radius 3 is 1.48 bits per heavy atom. The molecule has 1 heterocycles. The van der Waals surface area contributed by atoms with Gasteiger partial charge in [-0.05, 0) is 41.5 Å². The summed E-state index contributed by atoms with van der Waals surface area (Å²) in [5.41, 5.74) is -2.04. The third kappa shape index (κ3) is 5.81. The molecule has 0 saturated carbocycles. The third-order valence-corrected chi connectivity index (χ3v) is 2.08. The van der Waals surface area contributed by atoms with Crippen LogP contribution in [0.1, 0.15) is 62.5 Å². The molecule has 1 aromatic rings. The number of pyridine rings is 1. The van der Waals surface area contributed by atoms with Gasteiger partial charge in [-0.25, -0.2) is 9.59 Å². The zero-order valence-electron chi connectivity index (χ0n) is 13.2. The maximum Gasteiger partial charge on any atom is 0.355 e. The summed E-state index contributed by atoms with van der Waals surface area (Å²) in [5, 5.41) is 0. The van der Waals surface area contributed by atoms with Gasteiger partial charge in [-0.1, -0.05) is 0 Å². The van der Waals surface area contributed by atoms with E-state index >= 15 is 0 Å². The lowest BCUT2D eigenvalue weighted by atomic mass is 10.2. The molecule has 0 aliphatic heterocycles. The summed E-state index contributed by atoms with van der Waals surface area (Å²) in [7, 11) is 0. The normalized spacial score (nSPS) is 11.9. The summed E-state index contributed by atoms with van der Waals surface area (Å²) < 4.78 is 10.3. The van der Waals surface area contributed by atoms with Crippen molar-refractivity contribution in [1.29, 1.82) is 0 Å². The van der Waals surface area contributed by atoms with Crippen LogP contribution in [0, 0.1) is 0 Å². The molecular formula is C15H21NO5. The number of rotatable bonds is 2. The van der Waals surface area contributed by atoms with Crippen molar-refractivity contribution in [3.63, 3.8) is 0 Å². The average Bonchev–Trinajstić information content (AvgIpc) is 2.23. The predicted octanol–water partition coefficient (Wildman–Crippen LogP) is 2.29. The van der Waals surface area contributed by atoms with Crippen molar-refractivity contribution in [2.45, 2.75) is 52.7 Å². The van der Waals surface area contributed by atoms with E-state index in [2.05, 4.69) is 4.98 Å². The minimum absolute atomic E-state index is 0.0849. The molecule has 0 atom stereocenters. The van der Waals surface area contributed by atoms with Crippen LogP contribution in [0.5, 0.6) is 0 Å². The first-order valence-electron chi connectivity index (χ1n) is 6.58. The molecule has 0 unspecified atom stereocenters. The summed E-state index contributed by atoms with van der Waals surface area (Å²) in [6, 6.07) is 2.17. The van der Waals surface area contributed by atoms with E-state index in [1.54, 1.807) is 41.5 Å². The molecular weight excluding hydrogens is 274 g/mol. The van der Waals surface area contributed by atoms with E-state index in [0.717, 1.165) is 12.1 Å². The summed E-state index contributed by atoms with van der Waals surface area (Å²) in [6.45, 7) is 10.3. The van der Waals surface area contributed by atoms with Crippen LogP contribution < -0.4 is 5.43 Å². The lowest BCUT2D eigenvalue weighted by Crippen LogP contribution is -2.28. The van der Waals surface area contributed by atoms with Gasteiger partial charge in [-0.3, -0.25) is 4.79 Å².